The standard InChI is InChI=1S/C16H22N4O2S/c1-12(11-23(3)22)18-16(21)19-13(2)14-7-4-5-8-15(14)20-10-6-9-17-20/h4-10,12-13H,11H2,1-3H3,(H2,18,19,21)/t12-,13+,23+/m1/s1. The fraction of sp³-hybridized carbons (Fsp3) is 0.375. The van der Waals surface area contributed by atoms with Crippen LogP contribution in [0.15, 0.2) is 42.7 Å². The molecular formula is C16H22N4O2S. The van der Waals surface area contributed by atoms with E-state index >= 15 is 0 Å². The Morgan fingerprint density at radius 3 is 2.65 bits per heavy atom. The quantitative estimate of drug-likeness (QED) is 0.848. The summed E-state index contributed by atoms with van der Waals surface area (Å²) in [7, 11) is -0.939. The molecule has 2 rings (SSSR count). The van der Waals surface area contributed by atoms with Crippen LogP contribution >= 0.6 is 0 Å². The van der Waals surface area contributed by atoms with Gasteiger partial charge in [0.25, 0.3) is 0 Å². The Bertz CT molecular complexity index is 672. The van der Waals surface area contributed by atoms with Crippen LogP contribution in [0, 0.1) is 0 Å². The van der Waals surface area contributed by atoms with Gasteiger partial charge in [-0.05, 0) is 31.5 Å². The summed E-state index contributed by atoms with van der Waals surface area (Å²) >= 11 is 0. The lowest BCUT2D eigenvalue weighted by molar-refractivity contribution is 0.235. The van der Waals surface area contributed by atoms with E-state index in [1.165, 1.54) is 0 Å². The van der Waals surface area contributed by atoms with Gasteiger partial charge in [0.2, 0.25) is 0 Å². The van der Waals surface area contributed by atoms with Crippen LogP contribution in [-0.4, -0.2) is 38.1 Å². The van der Waals surface area contributed by atoms with E-state index in [-0.39, 0.29) is 18.1 Å². The first-order chi connectivity index (χ1) is 11.0. The van der Waals surface area contributed by atoms with Gasteiger partial charge in [-0.25, -0.2) is 9.48 Å². The van der Waals surface area contributed by atoms with Crippen LogP contribution < -0.4 is 10.6 Å². The van der Waals surface area contributed by atoms with Crippen molar-refractivity contribution in [2.24, 2.45) is 0 Å². The lowest BCUT2D eigenvalue weighted by Crippen LogP contribution is -2.43. The Labute approximate surface area is 138 Å². The van der Waals surface area contributed by atoms with E-state index < -0.39 is 10.8 Å². The lowest BCUT2D eigenvalue weighted by Gasteiger charge is -2.20. The molecule has 3 atom stereocenters. The topological polar surface area (TPSA) is 76.0 Å². The smallest absolute Gasteiger partial charge is 0.315 e. The summed E-state index contributed by atoms with van der Waals surface area (Å²) in [5.74, 6) is 0.436. The van der Waals surface area contributed by atoms with Crippen molar-refractivity contribution in [3.63, 3.8) is 0 Å². The number of nitrogens with zero attached hydrogens (tertiary/aromatic N) is 2. The van der Waals surface area contributed by atoms with Gasteiger partial charge in [-0.3, -0.25) is 4.21 Å². The second-order valence-electron chi connectivity index (χ2n) is 5.49. The first-order valence-corrected chi connectivity index (χ1v) is 9.16. The molecule has 1 aromatic carbocycles. The summed E-state index contributed by atoms with van der Waals surface area (Å²) < 4.78 is 13.0. The SMILES string of the molecule is C[C@H](C[S@](C)=O)NC(=O)N[C@@H](C)c1ccccc1-n1cccn1. The Balaban J connectivity index is 2.05. The molecule has 7 heteroatoms. The van der Waals surface area contributed by atoms with Crippen LogP contribution in [0.2, 0.25) is 0 Å². The second-order valence-corrected chi connectivity index (χ2v) is 6.97. The minimum atomic E-state index is -0.939. The van der Waals surface area contributed by atoms with E-state index in [1.807, 2.05) is 50.4 Å². The van der Waals surface area contributed by atoms with Gasteiger partial charge >= 0.3 is 6.03 Å². The number of nitrogens with one attached hydrogen (secondary N) is 2. The maximum absolute atomic E-state index is 12.1. The Morgan fingerprint density at radius 2 is 2.00 bits per heavy atom. The van der Waals surface area contributed by atoms with Gasteiger partial charge in [0, 0.05) is 41.2 Å². The molecule has 0 saturated carbocycles. The van der Waals surface area contributed by atoms with Crippen molar-refractivity contribution in [1.29, 1.82) is 0 Å². The molecule has 0 radical (unpaired) electrons. The van der Waals surface area contributed by atoms with Crippen molar-refractivity contribution < 1.29 is 9.00 Å². The molecule has 0 unspecified atom stereocenters. The number of hydrogen-bond acceptors (Lipinski definition) is 3. The molecule has 1 heterocycles. The maximum atomic E-state index is 12.1. The second kappa shape index (κ2) is 7.92. The van der Waals surface area contributed by atoms with Gasteiger partial charge in [-0.2, -0.15) is 5.10 Å². The Hall–Kier alpha value is -2.15. The van der Waals surface area contributed by atoms with E-state index in [0.717, 1.165) is 11.3 Å². The fourth-order valence-electron chi connectivity index (χ4n) is 2.41. The number of benzene rings is 1. The van der Waals surface area contributed by atoms with Gasteiger partial charge in [0.1, 0.15) is 0 Å². The number of para-hydroxylation sites is 1. The number of rotatable bonds is 6. The largest absolute Gasteiger partial charge is 0.335 e. The molecule has 0 aliphatic carbocycles. The van der Waals surface area contributed by atoms with E-state index in [2.05, 4.69) is 15.7 Å². The van der Waals surface area contributed by atoms with Crippen LogP contribution in [0.3, 0.4) is 0 Å². The molecule has 0 aliphatic heterocycles. The number of carbonyl (C=O) groups is 1. The average Bonchev–Trinajstić information content (AvgIpc) is 3.00. The van der Waals surface area contributed by atoms with Crippen molar-refractivity contribution in [3.8, 4) is 5.69 Å². The number of amides is 2. The maximum Gasteiger partial charge on any atom is 0.315 e. The van der Waals surface area contributed by atoms with Crippen LogP contribution in [0.1, 0.15) is 25.5 Å². The van der Waals surface area contributed by atoms with E-state index in [0.29, 0.717) is 5.75 Å². The van der Waals surface area contributed by atoms with Gasteiger partial charge in [-0.15, -0.1) is 0 Å². The predicted octanol–water partition coefficient (Wildman–Crippen LogP) is 2.00. The van der Waals surface area contributed by atoms with Crippen molar-refractivity contribution >= 4 is 16.8 Å². The zero-order valence-corrected chi connectivity index (χ0v) is 14.3. The molecule has 2 amide bonds. The lowest BCUT2D eigenvalue weighted by atomic mass is 10.1. The summed E-state index contributed by atoms with van der Waals surface area (Å²) in [6, 6.07) is 9.05. The number of urea groups is 1. The van der Waals surface area contributed by atoms with Crippen LogP contribution in [0.5, 0.6) is 0 Å². The van der Waals surface area contributed by atoms with Crippen molar-refractivity contribution in [2.75, 3.05) is 12.0 Å². The Morgan fingerprint density at radius 1 is 1.26 bits per heavy atom. The molecule has 0 aliphatic rings. The molecule has 23 heavy (non-hydrogen) atoms. The van der Waals surface area contributed by atoms with Gasteiger partial charge < -0.3 is 10.6 Å². The molecule has 0 saturated heterocycles. The third kappa shape index (κ3) is 4.92. The van der Waals surface area contributed by atoms with Gasteiger partial charge in [0.15, 0.2) is 0 Å². The van der Waals surface area contributed by atoms with E-state index in [4.69, 9.17) is 0 Å². The third-order valence-electron chi connectivity index (χ3n) is 3.36. The highest BCUT2D eigenvalue weighted by atomic mass is 32.2. The highest BCUT2D eigenvalue weighted by Gasteiger charge is 2.15. The normalized spacial score (nSPS) is 14.7. The molecule has 2 N–H and O–H groups in total. The minimum absolute atomic E-state index is 0.144. The molecule has 1 aromatic heterocycles. The van der Waals surface area contributed by atoms with Gasteiger partial charge in [-0.1, -0.05) is 18.2 Å². The minimum Gasteiger partial charge on any atom is -0.335 e. The number of aromatic nitrogens is 2. The molecule has 124 valence electrons. The summed E-state index contributed by atoms with van der Waals surface area (Å²) in [5.41, 5.74) is 1.89. The number of hydrogen-bond donors (Lipinski definition) is 2. The third-order valence-corrected chi connectivity index (χ3v) is 4.33. The summed E-state index contributed by atoms with van der Waals surface area (Å²) in [6.45, 7) is 3.76. The number of carbonyl (C=O) groups excluding carboxylic acids is 1. The Kier molecular flexibility index (Phi) is 5.92. The highest BCUT2D eigenvalue weighted by Crippen LogP contribution is 2.20. The summed E-state index contributed by atoms with van der Waals surface area (Å²) in [4.78, 5) is 12.1. The van der Waals surface area contributed by atoms with E-state index in [9.17, 15) is 9.00 Å². The molecule has 0 bridgehead atoms. The monoisotopic (exact) mass is 334 g/mol. The zero-order chi connectivity index (χ0) is 16.8. The van der Waals surface area contributed by atoms with E-state index in [1.54, 1.807) is 17.1 Å². The summed E-state index contributed by atoms with van der Waals surface area (Å²) in [6.07, 6.45) is 5.21. The molecule has 6 nitrogen and oxygen atoms in total. The first-order valence-electron chi connectivity index (χ1n) is 7.43. The van der Waals surface area contributed by atoms with Crippen molar-refractivity contribution in [2.45, 2.75) is 25.9 Å². The highest BCUT2D eigenvalue weighted by molar-refractivity contribution is 7.84. The van der Waals surface area contributed by atoms with Crippen LogP contribution in [-0.2, 0) is 10.8 Å². The molecule has 0 spiro atoms. The molecular weight excluding hydrogens is 312 g/mol. The molecule has 2 aromatic rings. The fourth-order valence-corrected chi connectivity index (χ4v) is 3.19. The van der Waals surface area contributed by atoms with Crippen LogP contribution in [0.4, 0.5) is 4.79 Å². The summed E-state index contributed by atoms with van der Waals surface area (Å²) in [5, 5.41) is 9.96. The molecule has 0 fully saturated rings. The average molecular weight is 334 g/mol. The zero-order valence-electron chi connectivity index (χ0n) is 13.5. The van der Waals surface area contributed by atoms with Gasteiger partial charge in [0.05, 0.1) is 11.7 Å². The van der Waals surface area contributed by atoms with Crippen LogP contribution in [0.25, 0.3) is 5.69 Å². The van der Waals surface area contributed by atoms with Crippen molar-refractivity contribution in [1.82, 2.24) is 20.4 Å². The predicted molar refractivity (Wildman–Crippen MR) is 92.0 cm³/mol. The van der Waals surface area contributed by atoms with Crippen molar-refractivity contribution in [3.05, 3.63) is 48.3 Å². The first kappa shape index (κ1) is 17.2.